The summed E-state index contributed by atoms with van der Waals surface area (Å²) in [5, 5.41) is 10.9. The molecule has 2 fully saturated rings. The average molecular weight is 682 g/mol. The molecule has 51 heavy (non-hydrogen) atoms. The van der Waals surface area contributed by atoms with E-state index >= 15 is 0 Å². The number of amides is 1. The van der Waals surface area contributed by atoms with Crippen LogP contribution in [-0.4, -0.2) is 63.2 Å². The molecule has 1 saturated carbocycles. The lowest BCUT2D eigenvalue weighted by Crippen LogP contribution is -2.68. The molecular weight excluding hydrogens is 638 g/mol. The lowest BCUT2D eigenvalue weighted by molar-refractivity contribution is -0.187. The minimum atomic E-state index is -0.961. The smallest absolute Gasteiger partial charge is 0.409 e. The molecule has 5 aromatic rings. The van der Waals surface area contributed by atoms with Crippen LogP contribution in [-0.2, 0) is 15.1 Å². The van der Waals surface area contributed by atoms with Crippen LogP contribution >= 0.6 is 0 Å². The minimum absolute atomic E-state index is 0.00418. The van der Waals surface area contributed by atoms with Gasteiger partial charge in [-0.05, 0) is 76.1 Å². The number of likely N-dealkylation sites (tertiary alicyclic amines) is 1. The molecule has 1 N–H and O–H groups in total. The number of carbonyl (C=O) groups is 1. The van der Waals surface area contributed by atoms with Crippen molar-refractivity contribution in [2.75, 3.05) is 47.1 Å². The number of carbonyl (C=O) groups excluding carboxylic acids is 1. The van der Waals surface area contributed by atoms with Gasteiger partial charge in [0, 0.05) is 29.8 Å². The zero-order valence-electron chi connectivity index (χ0n) is 29.1. The maximum Gasteiger partial charge on any atom is 0.409 e. The number of aliphatic hydroxyl groups excluding tert-OH is 1. The molecule has 7 heteroatoms. The zero-order chi connectivity index (χ0) is 35.1. The third-order valence-electron chi connectivity index (χ3n) is 11.3. The van der Waals surface area contributed by atoms with E-state index in [0.29, 0.717) is 26.3 Å². The van der Waals surface area contributed by atoms with Gasteiger partial charge in [-0.1, -0.05) is 103 Å². The van der Waals surface area contributed by atoms with Gasteiger partial charge in [0.2, 0.25) is 0 Å². The highest BCUT2D eigenvalue weighted by Gasteiger charge is 2.61. The number of fused-ring (bicyclic) bond motifs is 3. The standard InChI is InChI=1S/C44H43NO6/c1-48-34-20-16-32(17-21-34)44(31-10-4-3-5-11-31,33-18-22-35(49-2)23-19-33)51-30-43(29-46)25-42(26-43)27-45(28-42)41(47)50-24-40-38-14-8-6-12-36(38)37-13-7-9-15-39(37)40/h3-23,40,46H,24-30H2,1-2H3. The van der Waals surface area contributed by atoms with Gasteiger partial charge in [-0.3, -0.25) is 0 Å². The van der Waals surface area contributed by atoms with E-state index in [4.69, 9.17) is 18.9 Å². The molecule has 1 spiro atoms. The molecule has 1 aliphatic heterocycles. The van der Waals surface area contributed by atoms with E-state index in [1.165, 1.54) is 22.3 Å². The first kappa shape index (κ1) is 33.1. The second kappa shape index (κ2) is 13.2. The molecule has 3 aliphatic rings. The second-order valence-corrected chi connectivity index (χ2v) is 14.5. The molecule has 260 valence electrons. The molecule has 0 bridgehead atoms. The minimum Gasteiger partial charge on any atom is -0.497 e. The van der Waals surface area contributed by atoms with Crippen LogP contribution in [0.25, 0.3) is 11.1 Å². The molecule has 1 heterocycles. The van der Waals surface area contributed by atoms with E-state index in [9.17, 15) is 9.90 Å². The summed E-state index contributed by atoms with van der Waals surface area (Å²) in [6.07, 6.45) is 1.25. The Balaban J connectivity index is 0.975. The summed E-state index contributed by atoms with van der Waals surface area (Å²) in [6.45, 7) is 1.88. The van der Waals surface area contributed by atoms with Crippen LogP contribution in [0.3, 0.4) is 0 Å². The summed E-state index contributed by atoms with van der Waals surface area (Å²) in [7, 11) is 3.32. The van der Waals surface area contributed by atoms with Crippen molar-refractivity contribution in [1.29, 1.82) is 0 Å². The number of ether oxygens (including phenoxy) is 4. The van der Waals surface area contributed by atoms with Crippen molar-refractivity contribution in [2.24, 2.45) is 10.8 Å². The Hall–Kier alpha value is -5.11. The number of benzene rings is 5. The van der Waals surface area contributed by atoms with Gasteiger partial charge in [0.25, 0.3) is 0 Å². The highest BCUT2D eigenvalue weighted by molar-refractivity contribution is 5.79. The van der Waals surface area contributed by atoms with Gasteiger partial charge in [0.15, 0.2) is 0 Å². The maximum atomic E-state index is 13.3. The number of aliphatic hydroxyl groups is 1. The number of hydrogen-bond acceptors (Lipinski definition) is 6. The van der Waals surface area contributed by atoms with Crippen LogP contribution in [0.5, 0.6) is 11.5 Å². The molecule has 8 rings (SSSR count). The summed E-state index contributed by atoms with van der Waals surface area (Å²) < 4.78 is 24.1. The third-order valence-corrected chi connectivity index (χ3v) is 11.3. The summed E-state index contributed by atoms with van der Waals surface area (Å²) in [6, 6.07) is 42.9. The number of hydrogen-bond donors (Lipinski definition) is 1. The van der Waals surface area contributed by atoms with Crippen molar-refractivity contribution in [1.82, 2.24) is 4.90 Å². The van der Waals surface area contributed by atoms with E-state index in [2.05, 4.69) is 48.5 Å². The van der Waals surface area contributed by atoms with Gasteiger partial charge in [-0.15, -0.1) is 0 Å². The Kier molecular flexibility index (Phi) is 8.57. The molecule has 1 saturated heterocycles. The van der Waals surface area contributed by atoms with E-state index in [1.807, 2.05) is 78.9 Å². The van der Waals surface area contributed by atoms with E-state index < -0.39 is 11.0 Å². The second-order valence-electron chi connectivity index (χ2n) is 14.5. The molecule has 7 nitrogen and oxygen atoms in total. The van der Waals surface area contributed by atoms with Gasteiger partial charge in [-0.2, -0.15) is 0 Å². The van der Waals surface area contributed by atoms with E-state index in [-0.39, 0.29) is 24.0 Å². The largest absolute Gasteiger partial charge is 0.497 e. The zero-order valence-corrected chi connectivity index (χ0v) is 29.1. The average Bonchev–Trinajstić information content (AvgIpc) is 3.48. The van der Waals surface area contributed by atoms with Gasteiger partial charge >= 0.3 is 6.09 Å². The van der Waals surface area contributed by atoms with Gasteiger partial charge in [0.1, 0.15) is 23.7 Å². The summed E-state index contributed by atoms with van der Waals surface area (Å²) in [5.41, 5.74) is 6.26. The van der Waals surface area contributed by atoms with E-state index in [1.54, 1.807) is 19.1 Å². The van der Waals surface area contributed by atoms with Crippen LogP contribution in [0.1, 0.15) is 46.6 Å². The van der Waals surface area contributed by atoms with Crippen LogP contribution in [0.4, 0.5) is 4.79 Å². The normalized spacial score (nSPS) is 16.8. The SMILES string of the molecule is COc1ccc(C(OCC2(CO)CC3(CN(C(=O)OCC4c5ccccc5-c5ccccc54)C3)C2)(c2ccccc2)c2ccc(OC)cc2)cc1. The Morgan fingerprint density at radius 1 is 0.706 bits per heavy atom. The van der Waals surface area contributed by atoms with Crippen LogP contribution in [0, 0.1) is 10.8 Å². The fourth-order valence-electron chi connectivity index (χ4n) is 8.94. The van der Waals surface area contributed by atoms with Gasteiger partial charge < -0.3 is 29.0 Å². The molecule has 0 aromatic heterocycles. The van der Waals surface area contributed by atoms with Crippen LogP contribution in [0.15, 0.2) is 127 Å². The van der Waals surface area contributed by atoms with Crippen molar-refractivity contribution in [3.63, 3.8) is 0 Å². The predicted octanol–water partition coefficient (Wildman–Crippen LogP) is 8.04. The highest BCUT2D eigenvalue weighted by Crippen LogP contribution is 2.60. The number of rotatable bonds is 11. The van der Waals surface area contributed by atoms with Gasteiger partial charge in [-0.25, -0.2) is 4.79 Å². The van der Waals surface area contributed by atoms with Crippen molar-refractivity contribution < 1.29 is 28.8 Å². The van der Waals surface area contributed by atoms with Crippen molar-refractivity contribution in [3.8, 4) is 22.6 Å². The highest BCUT2D eigenvalue weighted by atomic mass is 16.6. The molecule has 1 amide bonds. The fraction of sp³-hybridized carbons (Fsp3) is 0.295. The topological polar surface area (TPSA) is 77.5 Å². The van der Waals surface area contributed by atoms with E-state index in [0.717, 1.165) is 41.0 Å². The molecule has 0 unspecified atom stereocenters. The monoisotopic (exact) mass is 681 g/mol. The Labute approximate surface area is 299 Å². The van der Waals surface area contributed by atoms with Crippen LogP contribution < -0.4 is 9.47 Å². The van der Waals surface area contributed by atoms with Crippen LogP contribution in [0.2, 0.25) is 0 Å². The first-order valence-corrected chi connectivity index (χ1v) is 17.6. The molecule has 5 aromatic carbocycles. The lowest BCUT2D eigenvalue weighted by atomic mass is 9.50. The summed E-state index contributed by atoms with van der Waals surface area (Å²) in [4.78, 5) is 15.1. The lowest BCUT2D eigenvalue weighted by Gasteiger charge is -2.63. The number of nitrogens with zero attached hydrogens (tertiary/aromatic N) is 1. The Bertz CT molecular complexity index is 1900. The molecule has 0 radical (unpaired) electrons. The quantitative estimate of drug-likeness (QED) is 0.142. The maximum absolute atomic E-state index is 13.3. The first-order chi connectivity index (χ1) is 24.9. The predicted molar refractivity (Wildman–Crippen MR) is 196 cm³/mol. The molecule has 0 atom stereocenters. The Morgan fingerprint density at radius 2 is 1.20 bits per heavy atom. The first-order valence-electron chi connectivity index (χ1n) is 17.6. The third kappa shape index (κ3) is 5.75. The molecular formula is C44H43NO6. The summed E-state index contributed by atoms with van der Waals surface area (Å²) >= 11 is 0. The molecule has 2 aliphatic carbocycles. The summed E-state index contributed by atoms with van der Waals surface area (Å²) in [5.74, 6) is 1.55. The van der Waals surface area contributed by atoms with Gasteiger partial charge in [0.05, 0.1) is 27.4 Å². The number of methoxy groups -OCH3 is 2. The van der Waals surface area contributed by atoms with Crippen molar-refractivity contribution in [3.05, 3.63) is 155 Å². The Morgan fingerprint density at radius 3 is 1.71 bits per heavy atom. The van der Waals surface area contributed by atoms with Crippen molar-refractivity contribution >= 4 is 6.09 Å². The van der Waals surface area contributed by atoms with Crippen molar-refractivity contribution in [2.45, 2.75) is 24.4 Å². The fourth-order valence-corrected chi connectivity index (χ4v) is 8.94.